The standard InChI is InChI=1S/C21H12ClN3O4/c22-12-4-7-15-14(10-12)18(27)16-17(11-2-5-13(26)6-3-11)25(20(28)19(16)29-15)21-23-8-1-9-24-21/h1-10,17,26H. The van der Waals surface area contributed by atoms with Gasteiger partial charge in [0.1, 0.15) is 11.3 Å². The molecule has 1 aliphatic heterocycles. The lowest BCUT2D eigenvalue weighted by Crippen LogP contribution is -2.31. The highest BCUT2D eigenvalue weighted by Crippen LogP contribution is 2.40. The maximum Gasteiger partial charge on any atom is 0.297 e. The number of phenols is 1. The van der Waals surface area contributed by atoms with Gasteiger partial charge in [0.25, 0.3) is 5.91 Å². The smallest absolute Gasteiger partial charge is 0.297 e. The second-order valence-electron chi connectivity index (χ2n) is 6.53. The summed E-state index contributed by atoms with van der Waals surface area (Å²) in [5, 5.41) is 10.3. The van der Waals surface area contributed by atoms with E-state index in [9.17, 15) is 14.7 Å². The number of phenolic OH excluding ortho intramolecular Hbond substituents is 1. The van der Waals surface area contributed by atoms with Crippen LogP contribution >= 0.6 is 11.6 Å². The number of carbonyl (C=O) groups is 1. The fraction of sp³-hybridized carbons (Fsp3) is 0.0476. The molecule has 142 valence electrons. The second-order valence-corrected chi connectivity index (χ2v) is 6.97. The van der Waals surface area contributed by atoms with E-state index in [0.29, 0.717) is 10.6 Å². The fourth-order valence-corrected chi connectivity index (χ4v) is 3.71. The molecule has 0 bridgehead atoms. The Kier molecular flexibility index (Phi) is 3.85. The molecule has 29 heavy (non-hydrogen) atoms. The molecule has 0 radical (unpaired) electrons. The normalized spacial score (nSPS) is 15.7. The van der Waals surface area contributed by atoms with Crippen LogP contribution in [0.5, 0.6) is 5.75 Å². The van der Waals surface area contributed by atoms with E-state index in [1.165, 1.54) is 35.5 Å². The number of nitrogens with zero attached hydrogens (tertiary/aromatic N) is 3. The molecule has 2 aromatic heterocycles. The quantitative estimate of drug-likeness (QED) is 0.546. The maximum absolute atomic E-state index is 13.4. The lowest BCUT2D eigenvalue weighted by Gasteiger charge is -2.22. The van der Waals surface area contributed by atoms with Crippen LogP contribution < -0.4 is 10.3 Å². The summed E-state index contributed by atoms with van der Waals surface area (Å²) in [6.07, 6.45) is 3.02. The van der Waals surface area contributed by atoms with E-state index in [1.807, 2.05) is 0 Å². The van der Waals surface area contributed by atoms with Crippen molar-refractivity contribution in [1.29, 1.82) is 0 Å². The number of amides is 1. The topological polar surface area (TPSA) is 96.5 Å². The Morgan fingerprint density at radius 1 is 1.03 bits per heavy atom. The molecule has 2 aromatic carbocycles. The molecule has 7 nitrogen and oxygen atoms in total. The van der Waals surface area contributed by atoms with Crippen LogP contribution in [0.3, 0.4) is 0 Å². The number of fused-ring (bicyclic) bond motifs is 2. The number of carbonyl (C=O) groups excluding carboxylic acids is 1. The van der Waals surface area contributed by atoms with Gasteiger partial charge < -0.3 is 9.52 Å². The zero-order valence-electron chi connectivity index (χ0n) is 14.7. The molecule has 1 unspecified atom stereocenters. The third kappa shape index (κ3) is 2.67. The zero-order chi connectivity index (χ0) is 20.1. The van der Waals surface area contributed by atoms with Crippen molar-refractivity contribution in [2.75, 3.05) is 4.90 Å². The average Bonchev–Trinajstić information content (AvgIpc) is 3.03. The van der Waals surface area contributed by atoms with Gasteiger partial charge in [-0.25, -0.2) is 9.97 Å². The molecule has 0 saturated heterocycles. The summed E-state index contributed by atoms with van der Waals surface area (Å²) in [5.41, 5.74) is 0.708. The van der Waals surface area contributed by atoms with Gasteiger partial charge >= 0.3 is 0 Å². The third-order valence-electron chi connectivity index (χ3n) is 4.81. The number of aromatic nitrogens is 2. The summed E-state index contributed by atoms with van der Waals surface area (Å²) in [7, 11) is 0. The van der Waals surface area contributed by atoms with Crippen molar-refractivity contribution < 1.29 is 14.3 Å². The maximum atomic E-state index is 13.4. The molecule has 0 fully saturated rings. The van der Waals surface area contributed by atoms with Crippen molar-refractivity contribution in [3.05, 3.63) is 93.1 Å². The molecule has 1 amide bonds. The van der Waals surface area contributed by atoms with E-state index in [0.717, 1.165) is 0 Å². The lowest BCUT2D eigenvalue weighted by atomic mass is 9.98. The highest BCUT2D eigenvalue weighted by atomic mass is 35.5. The van der Waals surface area contributed by atoms with Crippen LogP contribution in [0.4, 0.5) is 5.95 Å². The number of anilines is 1. The minimum absolute atomic E-state index is 0.0599. The van der Waals surface area contributed by atoms with Gasteiger partial charge in [-0.2, -0.15) is 0 Å². The lowest BCUT2D eigenvalue weighted by molar-refractivity contribution is 0.0969. The average molecular weight is 406 g/mol. The zero-order valence-corrected chi connectivity index (χ0v) is 15.5. The van der Waals surface area contributed by atoms with Gasteiger partial charge in [-0.05, 0) is 42.0 Å². The van der Waals surface area contributed by atoms with Gasteiger partial charge in [-0.15, -0.1) is 0 Å². The number of aromatic hydroxyl groups is 1. The van der Waals surface area contributed by atoms with Gasteiger partial charge in [0, 0.05) is 17.4 Å². The molecular weight excluding hydrogens is 394 g/mol. The molecule has 4 aromatic rings. The van der Waals surface area contributed by atoms with Crippen LogP contribution in [0.2, 0.25) is 5.02 Å². The molecule has 0 spiro atoms. The number of hydrogen-bond donors (Lipinski definition) is 1. The van der Waals surface area contributed by atoms with Crippen molar-refractivity contribution in [2.45, 2.75) is 6.04 Å². The number of benzene rings is 2. The summed E-state index contributed by atoms with van der Waals surface area (Å²) in [6.45, 7) is 0. The number of halogens is 1. The fourth-order valence-electron chi connectivity index (χ4n) is 3.54. The summed E-state index contributed by atoms with van der Waals surface area (Å²) < 4.78 is 5.82. The first-order valence-electron chi connectivity index (χ1n) is 8.70. The predicted octanol–water partition coefficient (Wildman–Crippen LogP) is 3.69. The Balaban J connectivity index is 1.83. The van der Waals surface area contributed by atoms with Gasteiger partial charge in [0.15, 0.2) is 5.43 Å². The number of hydrogen-bond acceptors (Lipinski definition) is 6. The molecule has 1 atom stereocenters. The first kappa shape index (κ1) is 17.4. The van der Waals surface area contributed by atoms with Crippen LogP contribution in [0.25, 0.3) is 11.0 Å². The van der Waals surface area contributed by atoms with Crippen LogP contribution in [0, 0.1) is 0 Å². The molecular formula is C21H12ClN3O4. The number of rotatable bonds is 2. The van der Waals surface area contributed by atoms with Crippen molar-refractivity contribution >= 4 is 34.4 Å². The summed E-state index contributed by atoms with van der Waals surface area (Å²) in [5.74, 6) is -0.366. The third-order valence-corrected chi connectivity index (χ3v) is 5.04. The second kappa shape index (κ2) is 6.42. The van der Waals surface area contributed by atoms with Gasteiger partial charge in [0.05, 0.1) is 17.0 Å². The summed E-state index contributed by atoms with van der Waals surface area (Å²) in [4.78, 5) is 36.3. The Bertz CT molecular complexity index is 1320. The molecule has 1 N–H and O–H groups in total. The molecule has 1 aliphatic rings. The summed E-state index contributed by atoms with van der Waals surface area (Å²) in [6, 6.07) is 11.7. The molecule has 0 aliphatic carbocycles. The SMILES string of the molecule is O=C1c2oc3ccc(Cl)cc3c(=O)c2C(c2ccc(O)cc2)N1c1ncccn1. The highest BCUT2D eigenvalue weighted by molar-refractivity contribution is 6.31. The van der Waals surface area contributed by atoms with Gasteiger partial charge in [0.2, 0.25) is 11.7 Å². The molecule has 5 rings (SSSR count). The predicted molar refractivity (Wildman–Crippen MR) is 106 cm³/mol. The van der Waals surface area contributed by atoms with Crippen LogP contribution in [0.15, 0.2) is 70.1 Å². The van der Waals surface area contributed by atoms with Gasteiger partial charge in [-0.3, -0.25) is 14.5 Å². The largest absolute Gasteiger partial charge is 0.508 e. The van der Waals surface area contributed by atoms with Crippen LogP contribution in [0.1, 0.15) is 27.7 Å². The van der Waals surface area contributed by atoms with Crippen LogP contribution in [-0.2, 0) is 0 Å². The van der Waals surface area contributed by atoms with E-state index in [1.54, 1.807) is 30.3 Å². The van der Waals surface area contributed by atoms with Crippen molar-refractivity contribution in [3.63, 3.8) is 0 Å². The first-order valence-corrected chi connectivity index (χ1v) is 9.08. The Hall–Kier alpha value is -3.71. The monoisotopic (exact) mass is 405 g/mol. The van der Waals surface area contributed by atoms with E-state index in [-0.39, 0.29) is 39.4 Å². The Morgan fingerprint density at radius 3 is 2.48 bits per heavy atom. The van der Waals surface area contributed by atoms with Crippen molar-refractivity contribution in [3.8, 4) is 5.75 Å². The Morgan fingerprint density at radius 2 is 1.76 bits per heavy atom. The minimum Gasteiger partial charge on any atom is -0.508 e. The van der Waals surface area contributed by atoms with E-state index in [2.05, 4.69) is 9.97 Å². The summed E-state index contributed by atoms with van der Waals surface area (Å²) >= 11 is 6.06. The van der Waals surface area contributed by atoms with Gasteiger partial charge in [-0.1, -0.05) is 23.7 Å². The molecule has 3 heterocycles. The van der Waals surface area contributed by atoms with Crippen LogP contribution in [-0.4, -0.2) is 21.0 Å². The first-order chi connectivity index (χ1) is 14.0. The molecule has 0 saturated carbocycles. The minimum atomic E-state index is -0.805. The molecule has 8 heteroatoms. The van der Waals surface area contributed by atoms with Crippen molar-refractivity contribution in [1.82, 2.24) is 9.97 Å². The Labute approximate surface area is 168 Å². The highest BCUT2D eigenvalue weighted by Gasteiger charge is 2.44. The van der Waals surface area contributed by atoms with E-state index < -0.39 is 11.9 Å². The van der Waals surface area contributed by atoms with E-state index >= 15 is 0 Å². The van der Waals surface area contributed by atoms with E-state index in [4.69, 9.17) is 16.0 Å². The van der Waals surface area contributed by atoms with Crippen molar-refractivity contribution in [2.24, 2.45) is 0 Å².